The number of aliphatic imine (C=N–C) groups is 1. The Labute approximate surface area is 239 Å². The standard InChI is InChI=1S/C30H35FN8O2/c1-6-19(2)16-32-24-14-22(8-7-20(24)3)41-27-15-23(31)25(13-21(27)4)36-29-28-26(34-18-35-29)17-33-30(37-28)38-9-11-39(40-5)12-10-38/h7-8,13-19H,6,9-12H2,1-5H3,(H,34,35,36). The molecule has 0 amide bonds. The van der Waals surface area contributed by atoms with Crippen molar-refractivity contribution in [3.05, 3.63) is 59.8 Å². The van der Waals surface area contributed by atoms with Crippen LogP contribution >= 0.6 is 0 Å². The van der Waals surface area contributed by atoms with E-state index in [2.05, 4.69) is 44.0 Å². The second-order valence-corrected chi connectivity index (χ2v) is 10.2. The fourth-order valence-corrected chi connectivity index (χ4v) is 4.39. The molecule has 0 bridgehead atoms. The van der Waals surface area contributed by atoms with Crippen molar-refractivity contribution in [2.75, 3.05) is 43.5 Å². The fourth-order valence-electron chi connectivity index (χ4n) is 4.39. The van der Waals surface area contributed by atoms with E-state index in [4.69, 9.17) is 14.6 Å². The smallest absolute Gasteiger partial charge is 0.226 e. The van der Waals surface area contributed by atoms with Gasteiger partial charge in [-0.3, -0.25) is 4.99 Å². The lowest BCUT2D eigenvalue weighted by molar-refractivity contribution is -0.133. The zero-order valence-corrected chi connectivity index (χ0v) is 24.1. The van der Waals surface area contributed by atoms with Crippen LogP contribution in [0.5, 0.6) is 11.5 Å². The van der Waals surface area contributed by atoms with Gasteiger partial charge in [0.25, 0.3) is 0 Å². The van der Waals surface area contributed by atoms with Crippen LogP contribution in [0.1, 0.15) is 31.4 Å². The van der Waals surface area contributed by atoms with Gasteiger partial charge in [-0.2, -0.15) is 5.06 Å². The number of hydrogen-bond acceptors (Lipinski definition) is 10. The minimum absolute atomic E-state index is 0.256. The van der Waals surface area contributed by atoms with Crippen LogP contribution in [0.15, 0.2) is 47.8 Å². The van der Waals surface area contributed by atoms with Gasteiger partial charge in [-0.15, -0.1) is 0 Å². The molecule has 5 rings (SSSR count). The van der Waals surface area contributed by atoms with Gasteiger partial charge in [0.15, 0.2) is 5.82 Å². The van der Waals surface area contributed by atoms with Crippen LogP contribution in [0.3, 0.4) is 0 Å². The van der Waals surface area contributed by atoms with E-state index in [1.807, 2.05) is 43.3 Å². The van der Waals surface area contributed by atoms with Crippen LogP contribution in [0.25, 0.3) is 11.0 Å². The Morgan fingerprint density at radius 1 is 1.07 bits per heavy atom. The summed E-state index contributed by atoms with van der Waals surface area (Å²) in [7, 11) is 1.67. The zero-order valence-electron chi connectivity index (χ0n) is 24.1. The number of ether oxygens (including phenoxy) is 1. The van der Waals surface area contributed by atoms with Gasteiger partial charge in [0.05, 0.1) is 24.7 Å². The molecule has 0 radical (unpaired) electrons. The first kappa shape index (κ1) is 28.3. The number of hydroxylamine groups is 2. The first-order valence-corrected chi connectivity index (χ1v) is 13.8. The average molecular weight is 559 g/mol. The normalized spacial score (nSPS) is 15.0. The lowest BCUT2D eigenvalue weighted by Crippen LogP contribution is -2.46. The summed E-state index contributed by atoms with van der Waals surface area (Å²) >= 11 is 0. The maximum absolute atomic E-state index is 15.4. The first-order valence-electron chi connectivity index (χ1n) is 13.8. The van der Waals surface area contributed by atoms with Gasteiger partial charge in [-0.25, -0.2) is 24.3 Å². The number of halogens is 1. The topological polar surface area (TPSA) is 101 Å². The van der Waals surface area contributed by atoms with Crippen molar-refractivity contribution in [2.45, 2.75) is 34.1 Å². The minimum atomic E-state index is -0.482. The molecule has 2 aromatic carbocycles. The van der Waals surface area contributed by atoms with E-state index in [0.29, 0.717) is 40.2 Å². The summed E-state index contributed by atoms with van der Waals surface area (Å²) in [5.74, 6) is 1.87. The summed E-state index contributed by atoms with van der Waals surface area (Å²) < 4.78 is 21.5. The van der Waals surface area contributed by atoms with Gasteiger partial charge >= 0.3 is 0 Å². The molecule has 0 aliphatic carbocycles. The molecule has 214 valence electrons. The Hall–Kier alpha value is -4.22. The van der Waals surface area contributed by atoms with Crippen molar-refractivity contribution in [3.63, 3.8) is 0 Å². The Bertz CT molecular complexity index is 1560. The molecule has 1 saturated heterocycles. The highest BCUT2D eigenvalue weighted by molar-refractivity contribution is 5.87. The number of nitrogens with zero attached hydrogens (tertiary/aromatic N) is 7. The van der Waals surface area contributed by atoms with Gasteiger partial charge < -0.3 is 19.8 Å². The van der Waals surface area contributed by atoms with E-state index in [9.17, 15) is 0 Å². The Kier molecular flexibility index (Phi) is 8.65. The highest BCUT2D eigenvalue weighted by Gasteiger charge is 2.20. The van der Waals surface area contributed by atoms with Crippen molar-refractivity contribution in [2.24, 2.45) is 10.9 Å². The summed E-state index contributed by atoms with van der Waals surface area (Å²) in [5, 5.41) is 5.00. The molecule has 41 heavy (non-hydrogen) atoms. The monoisotopic (exact) mass is 558 g/mol. The molecule has 1 aliphatic heterocycles. The molecule has 0 saturated carbocycles. The van der Waals surface area contributed by atoms with Gasteiger partial charge in [0.1, 0.15) is 34.7 Å². The quantitative estimate of drug-likeness (QED) is 0.243. The second-order valence-electron chi connectivity index (χ2n) is 10.2. The van der Waals surface area contributed by atoms with Crippen LogP contribution in [0.4, 0.5) is 27.5 Å². The van der Waals surface area contributed by atoms with Crippen molar-refractivity contribution >= 4 is 40.4 Å². The van der Waals surface area contributed by atoms with E-state index < -0.39 is 5.82 Å². The maximum atomic E-state index is 15.4. The number of hydrogen-bond donors (Lipinski definition) is 1. The predicted octanol–water partition coefficient (Wildman–Crippen LogP) is 6.14. The number of anilines is 3. The number of fused-ring (bicyclic) bond motifs is 1. The van der Waals surface area contributed by atoms with E-state index in [1.54, 1.807) is 19.4 Å². The van der Waals surface area contributed by atoms with Crippen LogP contribution in [-0.2, 0) is 4.84 Å². The number of nitrogens with one attached hydrogen (secondary N) is 1. The highest BCUT2D eigenvalue weighted by atomic mass is 19.1. The van der Waals surface area contributed by atoms with Crippen LogP contribution < -0.4 is 15.0 Å². The third kappa shape index (κ3) is 6.58. The van der Waals surface area contributed by atoms with Crippen molar-refractivity contribution in [3.8, 4) is 11.5 Å². The molecule has 1 fully saturated rings. The predicted molar refractivity (Wildman–Crippen MR) is 159 cm³/mol. The molecule has 2 aromatic heterocycles. The van der Waals surface area contributed by atoms with Gasteiger partial charge in [0.2, 0.25) is 5.95 Å². The van der Waals surface area contributed by atoms with Crippen molar-refractivity contribution < 1.29 is 14.0 Å². The lowest BCUT2D eigenvalue weighted by Gasteiger charge is -2.33. The zero-order chi connectivity index (χ0) is 28.9. The molecule has 4 aromatic rings. The molecule has 10 nitrogen and oxygen atoms in total. The molecule has 1 N–H and O–H groups in total. The van der Waals surface area contributed by atoms with E-state index in [0.717, 1.165) is 49.4 Å². The summed E-state index contributed by atoms with van der Waals surface area (Å²) in [6, 6.07) is 8.76. The van der Waals surface area contributed by atoms with Gasteiger partial charge in [-0.05, 0) is 49.4 Å². The number of benzene rings is 2. The lowest BCUT2D eigenvalue weighted by atomic mass is 10.1. The number of aromatic nitrogens is 4. The van der Waals surface area contributed by atoms with E-state index in [-0.39, 0.29) is 5.69 Å². The Morgan fingerprint density at radius 3 is 2.63 bits per heavy atom. The Balaban J connectivity index is 1.37. The first-order chi connectivity index (χ1) is 19.8. The molecular weight excluding hydrogens is 523 g/mol. The minimum Gasteiger partial charge on any atom is -0.457 e. The largest absolute Gasteiger partial charge is 0.457 e. The van der Waals surface area contributed by atoms with Gasteiger partial charge in [0, 0.05) is 44.5 Å². The van der Waals surface area contributed by atoms with Crippen LogP contribution in [-0.4, -0.2) is 64.5 Å². The van der Waals surface area contributed by atoms with E-state index in [1.165, 1.54) is 12.4 Å². The molecule has 11 heteroatoms. The van der Waals surface area contributed by atoms with E-state index >= 15 is 4.39 Å². The Morgan fingerprint density at radius 2 is 1.88 bits per heavy atom. The van der Waals surface area contributed by atoms with Crippen molar-refractivity contribution in [1.82, 2.24) is 25.0 Å². The molecule has 1 aliphatic rings. The molecular formula is C30H35FN8O2. The highest BCUT2D eigenvalue weighted by Crippen LogP contribution is 2.34. The second kappa shape index (κ2) is 12.5. The summed E-state index contributed by atoms with van der Waals surface area (Å²) in [6.07, 6.45) is 6.03. The number of piperazine rings is 1. The molecule has 1 atom stereocenters. The van der Waals surface area contributed by atoms with Crippen LogP contribution in [0, 0.1) is 25.6 Å². The van der Waals surface area contributed by atoms with Crippen LogP contribution in [0.2, 0.25) is 0 Å². The summed E-state index contributed by atoms with van der Waals surface area (Å²) in [4.78, 5) is 29.9. The number of aryl methyl sites for hydroxylation is 2. The summed E-state index contributed by atoms with van der Waals surface area (Å²) in [5.41, 5.74) is 3.95. The average Bonchev–Trinajstić information content (AvgIpc) is 2.99. The van der Waals surface area contributed by atoms with Gasteiger partial charge in [-0.1, -0.05) is 19.9 Å². The molecule has 3 heterocycles. The SMILES string of the molecule is CCC(C)C=Nc1cc(Oc2cc(F)c(Nc3ncnc4cnc(N5CCN(OC)CC5)nc34)cc2C)ccc1C. The van der Waals surface area contributed by atoms with Crippen molar-refractivity contribution in [1.29, 1.82) is 0 Å². The third-order valence-electron chi connectivity index (χ3n) is 7.18. The third-order valence-corrected chi connectivity index (χ3v) is 7.18. The molecule has 1 unspecified atom stereocenters. The number of rotatable bonds is 9. The maximum Gasteiger partial charge on any atom is 0.226 e. The fraction of sp³-hybridized carbons (Fsp3) is 0.367. The summed E-state index contributed by atoms with van der Waals surface area (Å²) in [6.45, 7) is 11.0. The molecule has 0 spiro atoms.